The number of ether oxygens (including phenoxy) is 4. The Labute approximate surface area is 702 Å². The number of carbonyl (C=O) groups is 4. The van der Waals surface area contributed by atoms with Crippen LogP contribution in [0.5, 0.6) is 17.6 Å². The minimum Gasteiger partial charge on any atom is -0.477 e. The van der Waals surface area contributed by atoms with Crippen LogP contribution in [0.3, 0.4) is 0 Å². The largest absolute Gasteiger partial charge is 0.477 e. The first kappa shape index (κ1) is 81.9. The van der Waals surface area contributed by atoms with Crippen LogP contribution in [0.15, 0.2) is 69.2 Å². The molecule has 4 aromatic carbocycles. The number of rotatable bonds is 15. The highest BCUT2D eigenvalue weighted by atomic mass is 32.2. The summed E-state index contributed by atoms with van der Waals surface area (Å²) < 4.78 is 140. The Morgan fingerprint density at radius 2 is 0.835 bits per heavy atom. The molecule has 34 nitrogen and oxygen atoms in total. The van der Waals surface area contributed by atoms with Crippen LogP contribution in [0.1, 0.15) is 172 Å². The van der Waals surface area contributed by atoms with Crippen molar-refractivity contribution in [3.63, 3.8) is 0 Å². The van der Waals surface area contributed by atoms with E-state index in [4.69, 9.17) is 18.9 Å². The average Bonchev–Trinajstić information content (AvgIpc) is 1.64. The van der Waals surface area contributed by atoms with E-state index in [0.717, 1.165) is 242 Å². The number of nitrogens with one attached hydrogen (secondary N) is 8. The predicted octanol–water partition coefficient (Wildman–Crippen LogP) is 8.37. The molecule has 9 heterocycles. The quantitative estimate of drug-likeness (QED) is 0.0477. The molecule has 1 saturated heterocycles. The lowest BCUT2D eigenvalue weighted by atomic mass is 9.99. The highest BCUT2D eigenvalue weighted by Gasteiger charge is 2.39. The molecule has 8 N–H and O–H groups in total. The number of fused-ring (bicyclic) bond motifs is 12. The predicted molar refractivity (Wildman–Crippen MR) is 446 cm³/mol. The molecule has 1 fully saturated rings. The van der Waals surface area contributed by atoms with Crippen LogP contribution < -0.4 is 54.4 Å². The van der Waals surface area contributed by atoms with E-state index in [-0.39, 0.29) is 56.4 Å². The van der Waals surface area contributed by atoms with E-state index in [0.29, 0.717) is 52.5 Å². The Morgan fingerprint density at radius 3 is 1.27 bits per heavy atom. The molecule has 21 rings (SSSR count). The van der Waals surface area contributed by atoms with Gasteiger partial charge >= 0.3 is 24.1 Å². The Balaban J connectivity index is 0.000000111. The summed E-state index contributed by atoms with van der Waals surface area (Å²) in [4.78, 5) is 63.2. The summed E-state index contributed by atoms with van der Waals surface area (Å²) in [7, 11) is -14.5. The Hall–Kier alpha value is -10.1. The van der Waals surface area contributed by atoms with Gasteiger partial charge in [-0.15, -0.1) is 0 Å². The summed E-state index contributed by atoms with van der Waals surface area (Å²) in [6.45, 7) is 9.33. The maximum atomic E-state index is 13.0. The third kappa shape index (κ3) is 16.7. The van der Waals surface area contributed by atoms with E-state index < -0.39 is 64.2 Å². The number of anilines is 4. The van der Waals surface area contributed by atoms with E-state index in [1.807, 2.05) is 14.0 Å². The molecular formula is C83H102N18O16S4. The van der Waals surface area contributed by atoms with Crippen molar-refractivity contribution < 1.29 is 71.8 Å². The topological polar surface area (TPSA) is 416 Å². The van der Waals surface area contributed by atoms with E-state index in [9.17, 15) is 52.8 Å². The normalized spacial score (nSPS) is 19.3. The summed E-state index contributed by atoms with van der Waals surface area (Å²) in [5, 5.41) is 19.1. The van der Waals surface area contributed by atoms with Crippen LogP contribution in [-0.4, -0.2) is 172 Å². The van der Waals surface area contributed by atoms with Crippen molar-refractivity contribution in [2.24, 2.45) is 0 Å². The highest BCUT2D eigenvalue weighted by molar-refractivity contribution is 7.91. The number of benzene rings is 4. The summed E-state index contributed by atoms with van der Waals surface area (Å²) >= 11 is 0. The van der Waals surface area contributed by atoms with Crippen molar-refractivity contribution in [2.45, 2.75) is 245 Å². The highest BCUT2D eigenvalue weighted by Crippen LogP contribution is 2.44. The van der Waals surface area contributed by atoms with E-state index in [1.165, 1.54) is 92.0 Å². The van der Waals surface area contributed by atoms with Gasteiger partial charge in [0.1, 0.15) is 19.3 Å². The van der Waals surface area contributed by atoms with Crippen molar-refractivity contribution in [2.75, 3.05) is 74.4 Å². The first-order valence-corrected chi connectivity index (χ1v) is 48.5. The van der Waals surface area contributed by atoms with Gasteiger partial charge in [0.25, 0.3) is 40.1 Å². The van der Waals surface area contributed by atoms with Gasteiger partial charge in [-0.1, -0.05) is 24.3 Å². The second-order valence-electron chi connectivity index (χ2n) is 33.5. The first-order valence-electron chi connectivity index (χ1n) is 42.6. The molecule has 0 spiro atoms. The molecule has 0 saturated carbocycles. The van der Waals surface area contributed by atoms with E-state index in [1.54, 1.807) is 19.9 Å². The molecule has 121 heavy (non-hydrogen) atoms. The van der Waals surface area contributed by atoms with Crippen LogP contribution in [0, 0.1) is 0 Å². The van der Waals surface area contributed by atoms with Gasteiger partial charge in [0.05, 0.1) is 50.3 Å². The number of nitrogens with zero attached hydrogens (tertiary/aromatic N) is 10. The lowest BCUT2D eigenvalue weighted by Crippen LogP contribution is -2.43. The number of hydrogen-bond donors (Lipinski definition) is 8. The fourth-order valence-corrected chi connectivity index (χ4v) is 23.9. The monoisotopic (exact) mass is 1730 g/mol. The van der Waals surface area contributed by atoms with Crippen molar-refractivity contribution in [3.05, 3.63) is 144 Å². The minimum atomic E-state index is -4.17. The second-order valence-corrected chi connectivity index (χ2v) is 39.9. The van der Waals surface area contributed by atoms with Crippen LogP contribution in [0.25, 0.3) is 0 Å². The lowest BCUT2D eigenvalue weighted by molar-refractivity contribution is -0.00761. The van der Waals surface area contributed by atoms with Crippen LogP contribution in [0.2, 0.25) is 0 Å². The number of urea groups is 4. The number of likely N-dealkylation sites (N-methyl/N-ethyl adjacent to an activating group) is 1. The Morgan fingerprint density at radius 1 is 0.430 bits per heavy atom. The average molecular weight is 1740 g/mol. The van der Waals surface area contributed by atoms with Gasteiger partial charge in [0, 0.05) is 61.6 Å². The molecule has 13 aliphatic rings. The van der Waals surface area contributed by atoms with Crippen LogP contribution in [-0.2, 0) is 180 Å². The third-order valence-electron chi connectivity index (χ3n) is 25.5. The minimum absolute atomic E-state index is 0.110. The number of likely N-dealkylation sites (tertiary alicyclic amines) is 1. The summed E-state index contributed by atoms with van der Waals surface area (Å²) in [6, 6.07) is 7.83. The van der Waals surface area contributed by atoms with Gasteiger partial charge < -0.3 is 44.8 Å². The molecule has 5 aliphatic heterocycles. The van der Waals surface area contributed by atoms with E-state index >= 15 is 0 Å². The van der Waals surface area contributed by atoms with Crippen molar-refractivity contribution in [3.8, 4) is 17.6 Å². The summed E-state index contributed by atoms with van der Waals surface area (Å²) in [5.74, 6) is 0.512. The number of aromatic nitrogens is 8. The van der Waals surface area contributed by atoms with Crippen LogP contribution >= 0.6 is 0 Å². The third-order valence-corrected chi connectivity index (χ3v) is 30.5. The number of sulfonamides is 4. The second kappa shape index (κ2) is 33.6. The zero-order chi connectivity index (χ0) is 83.6. The van der Waals surface area contributed by atoms with Gasteiger partial charge in [0.2, 0.25) is 27.7 Å². The maximum absolute atomic E-state index is 13.0. The molecule has 8 aromatic rings. The molecule has 8 amide bonds. The Bertz CT molecular complexity index is 5840. The first-order chi connectivity index (χ1) is 58.4. The molecule has 4 aromatic heterocycles. The standard InChI is InChI=1S/C23H29N5O4S.C21H26N4O5S.C20H25N5O3S.C19H22N4O4S/c29-23(25-20-18-7-3-5-15(18)11-16-6-4-8-19(16)20)26-33(30,31)21-22-28(14-24-21)12-17(13-32-22)27-9-1-2-10-27;1-2-29-15-11-25-20(30-12-15)18(10-22-25)31(27,28)24-21(26)23-19-16-7-3-5-13(16)9-14-6-4-8-17(14)19;1-24-8-9-25-15(12-24)11-18(22-25)29(27,28)23-20(26)21-19-16-6-2-4-13(16)10-14-5-3-7-17(14)19;24-19(22-28(25,26)17-18-23(11-20-17)8-3-9-27-18)21-16-14-6-1-4-12(14)10-13-5-2-7-15(13)16/h11,14,17H,1-10,12-13H2,(H2,25,26,29);9-10,15H,2-8,11-12H2,1H3,(H2,23,24,26);10-11H,2-9,12H2,1H3,(H2,21,23,26);10-11H,1-9H2,(H2,21,22,24)/t;15-;;/m.1../s1. The molecule has 0 radical (unpaired) electrons. The molecule has 1 unspecified atom stereocenters. The number of carbonyl (C=O) groups excluding carboxylic acids is 4. The fraction of sp³-hybridized carbons (Fsp3) is 0.518. The Kier molecular flexibility index (Phi) is 22.7. The zero-order valence-electron chi connectivity index (χ0n) is 68.0. The molecular weight excluding hydrogens is 1630 g/mol. The van der Waals surface area contributed by atoms with Crippen LogP contribution in [0.4, 0.5) is 41.9 Å². The van der Waals surface area contributed by atoms with Gasteiger partial charge in [0.15, 0.2) is 9.92 Å². The van der Waals surface area contributed by atoms with Gasteiger partial charge in [-0.3, -0.25) is 19.0 Å². The molecule has 2 atom stereocenters. The maximum Gasteiger partial charge on any atom is 0.333 e. The van der Waals surface area contributed by atoms with Gasteiger partial charge in [-0.05, 0) is 289 Å². The smallest absolute Gasteiger partial charge is 0.333 e. The fourth-order valence-electron chi connectivity index (χ4n) is 20.0. The SMILES string of the molecule is CCO[C@H]1COc2c(S(=O)(=O)NC(=O)Nc3c4c(cc5c3CCC5)CCC4)cnn2C1.CN1CCn2nc(S(=O)(=O)NC(=O)Nc3c4c(cc5c3CCC5)CCC4)cc2C1.O=C(Nc1c2c(cc3c1CCC3)CCC2)NS(=O)(=O)c1ncn2c1OCC(N1CCCC1)C2.O=C(Nc1c2c(cc3c1CCC3)CCC2)NS(=O)(=O)c1ncn2c1OCCC2. The van der Waals surface area contributed by atoms with Gasteiger partial charge in [-0.25, -0.2) is 61.1 Å². The number of aryl methyl sites for hydroxylation is 9. The number of hydrogen-bond acceptors (Lipinski definition) is 22. The van der Waals surface area contributed by atoms with Crippen molar-refractivity contribution >= 4 is 87.0 Å². The van der Waals surface area contributed by atoms with Gasteiger partial charge in [-0.2, -0.15) is 35.5 Å². The van der Waals surface area contributed by atoms with Crippen molar-refractivity contribution in [1.82, 2.24) is 67.4 Å². The molecule has 38 heteroatoms. The van der Waals surface area contributed by atoms with E-state index in [2.05, 4.69) is 94.4 Å². The zero-order valence-corrected chi connectivity index (χ0v) is 71.3. The summed E-state index contributed by atoms with van der Waals surface area (Å²) in [6.07, 6.45) is 30.9. The number of amides is 8. The molecule has 644 valence electrons. The number of imidazole rings is 2. The lowest BCUT2D eigenvalue weighted by Gasteiger charge is -2.31. The molecule has 0 bridgehead atoms. The van der Waals surface area contributed by atoms with Crippen molar-refractivity contribution in [1.29, 1.82) is 0 Å². The molecule has 8 aliphatic carbocycles. The summed E-state index contributed by atoms with van der Waals surface area (Å²) in [5.41, 5.74) is 23.5.